The van der Waals surface area contributed by atoms with Crippen LogP contribution in [-0.4, -0.2) is 30.9 Å². The van der Waals surface area contributed by atoms with Crippen LogP contribution in [0.15, 0.2) is 41.7 Å². The van der Waals surface area contributed by atoms with Crippen molar-refractivity contribution in [2.75, 3.05) is 14.2 Å². The van der Waals surface area contributed by atoms with E-state index in [-0.39, 0.29) is 23.1 Å². The van der Waals surface area contributed by atoms with E-state index in [1.54, 1.807) is 12.1 Å². The van der Waals surface area contributed by atoms with E-state index in [0.29, 0.717) is 17.7 Å². The fraction of sp³-hybridized carbons (Fsp3) is 0.294. The largest absolute Gasteiger partial charge is 0.504 e. The third-order valence-corrected chi connectivity index (χ3v) is 3.50. The average Bonchev–Trinajstić information content (AvgIpc) is 2.51. The zero-order chi connectivity index (χ0) is 16.1. The number of rotatable bonds is 6. The number of methoxy groups -OCH3 is 2. The van der Waals surface area contributed by atoms with Crippen LogP contribution in [0.1, 0.15) is 18.4 Å². The lowest BCUT2D eigenvalue weighted by atomic mass is 9.96. The Labute approximate surface area is 128 Å². The van der Waals surface area contributed by atoms with Gasteiger partial charge in [0.25, 0.3) is 0 Å². The number of aromatic hydroxyl groups is 1. The molecule has 1 N–H and O–H groups in total. The molecule has 0 aliphatic heterocycles. The van der Waals surface area contributed by atoms with Crippen molar-refractivity contribution in [3.05, 3.63) is 47.2 Å². The Bertz CT molecular complexity index is 655. The summed E-state index contributed by atoms with van der Waals surface area (Å²) in [7, 11) is 2.86. The van der Waals surface area contributed by atoms with E-state index in [1.807, 2.05) is 6.07 Å². The third kappa shape index (κ3) is 3.55. The number of benzene rings is 1. The summed E-state index contributed by atoms with van der Waals surface area (Å²) in [6.45, 7) is 0. The highest BCUT2D eigenvalue weighted by Crippen LogP contribution is 2.27. The molecule has 0 bridgehead atoms. The van der Waals surface area contributed by atoms with Crippen molar-refractivity contribution in [3.8, 4) is 11.5 Å². The molecule has 1 aromatic rings. The number of hydrogen-bond acceptors (Lipinski definition) is 5. The Morgan fingerprint density at radius 1 is 1.00 bits per heavy atom. The van der Waals surface area contributed by atoms with Crippen LogP contribution in [0.25, 0.3) is 0 Å². The third-order valence-electron chi connectivity index (χ3n) is 3.50. The van der Waals surface area contributed by atoms with E-state index >= 15 is 0 Å². The Morgan fingerprint density at radius 2 is 1.77 bits per heavy atom. The minimum Gasteiger partial charge on any atom is -0.504 e. The van der Waals surface area contributed by atoms with Gasteiger partial charge in [0.05, 0.1) is 14.2 Å². The molecule has 1 aromatic carbocycles. The lowest BCUT2D eigenvalue weighted by molar-refractivity contribution is -0.117. The molecule has 0 saturated heterocycles. The first kappa shape index (κ1) is 15.8. The van der Waals surface area contributed by atoms with Crippen molar-refractivity contribution in [2.45, 2.75) is 19.3 Å². The summed E-state index contributed by atoms with van der Waals surface area (Å²) in [5.41, 5.74) is 1.49. The van der Waals surface area contributed by atoms with E-state index in [4.69, 9.17) is 9.47 Å². The average molecular weight is 302 g/mol. The predicted molar refractivity (Wildman–Crippen MR) is 80.8 cm³/mol. The van der Waals surface area contributed by atoms with Crippen molar-refractivity contribution in [1.29, 1.82) is 0 Å². The number of carbonyl (C=O) groups is 2. The SMILES string of the molecule is COC1=CC(=O)C(CCCc2ccc(O)c(OC)c2)=CC1=O. The standard InChI is InChI=1S/C17H18O5/c1-21-16-8-11(6-7-13(16)18)4-3-5-12-9-15(20)17(22-2)10-14(12)19/h6-10,18H,3-5H2,1-2H3. The normalized spacial score (nSPS) is 14.5. The summed E-state index contributed by atoms with van der Waals surface area (Å²) >= 11 is 0. The van der Waals surface area contributed by atoms with Crippen LogP contribution in [0.4, 0.5) is 0 Å². The molecule has 0 atom stereocenters. The summed E-state index contributed by atoms with van der Waals surface area (Å²) in [5, 5.41) is 9.54. The van der Waals surface area contributed by atoms with Gasteiger partial charge >= 0.3 is 0 Å². The van der Waals surface area contributed by atoms with Gasteiger partial charge in [-0.3, -0.25) is 9.59 Å². The van der Waals surface area contributed by atoms with Crippen LogP contribution in [0, 0.1) is 0 Å². The number of carbonyl (C=O) groups excluding carboxylic acids is 2. The second-order valence-corrected chi connectivity index (χ2v) is 4.97. The van der Waals surface area contributed by atoms with Gasteiger partial charge < -0.3 is 14.6 Å². The number of allylic oxidation sites excluding steroid dienone is 3. The summed E-state index contributed by atoms with van der Waals surface area (Å²) in [5.74, 6) is 0.146. The highest BCUT2D eigenvalue weighted by molar-refractivity contribution is 6.19. The molecular weight excluding hydrogens is 284 g/mol. The smallest absolute Gasteiger partial charge is 0.220 e. The molecule has 0 saturated carbocycles. The Kier molecular flexibility index (Phi) is 4.99. The molecule has 116 valence electrons. The van der Waals surface area contributed by atoms with Crippen LogP contribution in [0.3, 0.4) is 0 Å². The van der Waals surface area contributed by atoms with Gasteiger partial charge in [0.2, 0.25) is 5.78 Å². The number of aryl methyl sites for hydroxylation is 1. The van der Waals surface area contributed by atoms with E-state index in [0.717, 1.165) is 18.4 Å². The molecule has 22 heavy (non-hydrogen) atoms. The van der Waals surface area contributed by atoms with Crippen molar-refractivity contribution in [1.82, 2.24) is 0 Å². The Balaban J connectivity index is 1.94. The number of phenols is 1. The second kappa shape index (κ2) is 6.93. The van der Waals surface area contributed by atoms with Crippen molar-refractivity contribution >= 4 is 11.6 Å². The molecule has 0 radical (unpaired) electrons. The molecular formula is C17H18O5. The van der Waals surface area contributed by atoms with Gasteiger partial charge in [-0.25, -0.2) is 0 Å². The number of hydrogen-bond donors (Lipinski definition) is 1. The van der Waals surface area contributed by atoms with Crippen molar-refractivity contribution < 1.29 is 24.2 Å². The highest BCUT2D eigenvalue weighted by atomic mass is 16.5. The monoisotopic (exact) mass is 302 g/mol. The molecule has 5 heteroatoms. The second-order valence-electron chi connectivity index (χ2n) is 4.97. The first-order valence-corrected chi connectivity index (χ1v) is 6.96. The van der Waals surface area contributed by atoms with Gasteiger partial charge in [0, 0.05) is 11.6 Å². The molecule has 0 fully saturated rings. The maximum absolute atomic E-state index is 11.9. The molecule has 2 rings (SSSR count). The first-order valence-electron chi connectivity index (χ1n) is 6.96. The quantitative estimate of drug-likeness (QED) is 0.816. The number of ketones is 2. The molecule has 5 nitrogen and oxygen atoms in total. The van der Waals surface area contributed by atoms with E-state index in [9.17, 15) is 14.7 Å². The van der Waals surface area contributed by atoms with Crippen molar-refractivity contribution in [3.63, 3.8) is 0 Å². The first-order chi connectivity index (χ1) is 10.5. The maximum atomic E-state index is 11.9. The molecule has 0 amide bonds. The molecule has 0 heterocycles. The fourth-order valence-corrected chi connectivity index (χ4v) is 2.30. The Hall–Kier alpha value is -2.56. The van der Waals surface area contributed by atoms with Gasteiger partial charge in [-0.2, -0.15) is 0 Å². The molecule has 0 unspecified atom stereocenters. The van der Waals surface area contributed by atoms with Gasteiger partial charge in [-0.05, 0) is 43.0 Å². The summed E-state index contributed by atoms with van der Waals surface area (Å²) in [6, 6.07) is 5.15. The summed E-state index contributed by atoms with van der Waals surface area (Å²) < 4.78 is 9.90. The fourth-order valence-electron chi connectivity index (χ4n) is 2.30. The van der Waals surface area contributed by atoms with Crippen LogP contribution < -0.4 is 4.74 Å². The molecule has 1 aliphatic carbocycles. The minimum atomic E-state index is -0.275. The minimum absolute atomic E-state index is 0.0806. The van der Waals surface area contributed by atoms with E-state index in [1.165, 1.54) is 26.4 Å². The van der Waals surface area contributed by atoms with Crippen LogP contribution >= 0.6 is 0 Å². The van der Waals surface area contributed by atoms with Gasteiger partial charge in [0.1, 0.15) is 0 Å². The van der Waals surface area contributed by atoms with Crippen LogP contribution in [-0.2, 0) is 20.7 Å². The Morgan fingerprint density at radius 3 is 2.45 bits per heavy atom. The zero-order valence-electron chi connectivity index (χ0n) is 12.6. The van der Waals surface area contributed by atoms with Gasteiger partial charge in [0.15, 0.2) is 23.0 Å². The summed E-state index contributed by atoms with van der Waals surface area (Å²) in [4.78, 5) is 23.5. The number of phenolic OH excluding ortho intramolecular Hbond substituents is 1. The van der Waals surface area contributed by atoms with Gasteiger partial charge in [-0.1, -0.05) is 6.07 Å². The lowest BCUT2D eigenvalue weighted by Gasteiger charge is -2.11. The van der Waals surface area contributed by atoms with E-state index < -0.39 is 0 Å². The zero-order valence-corrected chi connectivity index (χ0v) is 12.6. The van der Waals surface area contributed by atoms with E-state index in [2.05, 4.69) is 0 Å². The van der Waals surface area contributed by atoms with Crippen LogP contribution in [0.5, 0.6) is 11.5 Å². The summed E-state index contributed by atoms with van der Waals surface area (Å²) in [6.07, 6.45) is 4.53. The highest BCUT2D eigenvalue weighted by Gasteiger charge is 2.20. The maximum Gasteiger partial charge on any atom is 0.220 e. The van der Waals surface area contributed by atoms with Crippen molar-refractivity contribution in [2.24, 2.45) is 0 Å². The van der Waals surface area contributed by atoms with Crippen LogP contribution in [0.2, 0.25) is 0 Å². The molecule has 0 spiro atoms. The van der Waals surface area contributed by atoms with Gasteiger partial charge in [-0.15, -0.1) is 0 Å². The topological polar surface area (TPSA) is 72.8 Å². The molecule has 1 aliphatic rings. The predicted octanol–water partition coefficient (Wildman–Crippen LogP) is 2.33. The number of ether oxygens (including phenoxy) is 2. The molecule has 0 aromatic heterocycles. The lowest BCUT2D eigenvalue weighted by Crippen LogP contribution is -2.14.